The molecule has 0 aliphatic carbocycles. The van der Waals surface area contributed by atoms with Gasteiger partial charge in [0.15, 0.2) is 6.29 Å². The lowest BCUT2D eigenvalue weighted by molar-refractivity contribution is -0.312. The van der Waals surface area contributed by atoms with Crippen molar-refractivity contribution in [3.63, 3.8) is 0 Å². The molecule has 1 heterocycles. The summed E-state index contributed by atoms with van der Waals surface area (Å²) in [7, 11) is 0. The summed E-state index contributed by atoms with van der Waals surface area (Å²) in [4.78, 5) is 11.8. The van der Waals surface area contributed by atoms with Gasteiger partial charge in [0.1, 0.15) is 23.2 Å². The number of terminal acetylenes is 1. The summed E-state index contributed by atoms with van der Waals surface area (Å²) >= 11 is 0. The van der Waals surface area contributed by atoms with E-state index in [1.165, 1.54) is 6.07 Å². The third kappa shape index (κ3) is 4.92. The Kier molecular flexibility index (Phi) is 7.62. The predicted molar refractivity (Wildman–Crippen MR) is 95.6 cm³/mol. The molecule has 0 amide bonds. The summed E-state index contributed by atoms with van der Waals surface area (Å²) in [5.41, 5.74) is 0.103. The Balaban J connectivity index is 2.32. The first-order chi connectivity index (χ1) is 13.3. The number of phenols is 1. The molecule has 1 aliphatic rings. The molecule has 1 aromatic carbocycles. The Morgan fingerprint density at radius 3 is 2.54 bits per heavy atom. The smallest absolute Gasteiger partial charge is 0.339 e. The third-order valence-corrected chi connectivity index (χ3v) is 4.56. The van der Waals surface area contributed by atoms with E-state index in [1.54, 1.807) is 0 Å². The number of carboxylic acids is 1. The first-order valence-electron chi connectivity index (χ1n) is 8.80. The van der Waals surface area contributed by atoms with Crippen LogP contribution in [0.1, 0.15) is 35.2 Å². The van der Waals surface area contributed by atoms with Gasteiger partial charge in [-0.15, -0.1) is 12.3 Å². The van der Waals surface area contributed by atoms with Crippen molar-refractivity contribution in [3.8, 4) is 23.8 Å². The molecule has 6 N–H and O–H groups in total. The Morgan fingerprint density at radius 1 is 1.21 bits per heavy atom. The molecule has 1 aromatic rings. The molecule has 0 spiro atoms. The summed E-state index contributed by atoms with van der Waals surface area (Å²) < 4.78 is 10.6. The maximum Gasteiger partial charge on any atom is 0.339 e. The molecule has 0 radical (unpaired) electrons. The number of aromatic hydroxyl groups is 1. The fourth-order valence-electron chi connectivity index (χ4n) is 3.07. The molecule has 1 fully saturated rings. The molecule has 0 bridgehead atoms. The van der Waals surface area contributed by atoms with Crippen molar-refractivity contribution in [2.45, 2.75) is 50.5 Å². The molecule has 5 atom stereocenters. The molecule has 1 aliphatic heterocycles. The first kappa shape index (κ1) is 21.9. The molecule has 28 heavy (non-hydrogen) atoms. The van der Waals surface area contributed by atoms with Gasteiger partial charge in [0.2, 0.25) is 6.29 Å². The van der Waals surface area contributed by atoms with Crippen LogP contribution in [0.2, 0.25) is 0 Å². The number of hydrogen-bond acceptors (Lipinski definition) is 8. The SMILES string of the molecule is C#CCCCCc1cc(O)cc(OC2O[C@H](O)[C@@H](O)[C@H](O)[C@H]2CO)c1C(=O)O. The van der Waals surface area contributed by atoms with Gasteiger partial charge in [-0.2, -0.15) is 0 Å². The van der Waals surface area contributed by atoms with Gasteiger partial charge < -0.3 is 40.1 Å². The zero-order chi connectivity index (χ0) is 20.8. The minimum atomic E-state index is -1.79. The highest BCUT2D eigenvalue weighted by atomic mass is 16.7. The number of hydrogen-bond donors (Lipinski definition) is 6. The molecular weight excluding hydrogens is 372 g/mol. The van der Waals surface area contributed by atoms with E-state index in [2.05, 4.69) is 5.92 Å². The van der Waals surface area contributed by atoms with E-state index in [1.807, 2.05) is 0 Å². The third-order valence-electron chi connectivity index (χ3n) is 4.56. The van der Waals surface area contributed by atoms with E-state index < -0.39 is 43.3 Å². The van der Waals surface area contributed by atoms with Crippen molar-refractivity contribution in [1.82, 2.24) is 0 Å². The minimum Gasteiger partial charge on any atom is -0.508 e. The van der Waals surface area contributed by atoms with Gasteiger partial charge in [-0.05, 0) is 30.9 Å². The number of carboxylic acid groups (broad SMARTS) is 1. The minimum absolute atomic E-state index is 0.214. The number of rotatable bonds is 8. The Bertz CT molecular complexity index is 727. The van der Waals surface area contributed by atoms with Gasteiger partial charge in [0.25, 0.3) is 0 Å². The Hall–Kier alpha value is -2.35. The van der Waals surface area contributed by atoms with Crippen LogP contribution in [0, 0.1) is 18.3 Å². The number of phenolic OH excluding ortho intramolecular Hbond substituents is 1. The monoisotopic (exact) mass is 396 g/mol. The summed E-state index contributed by atoms with van der Waals surface area (Å²) in [6.45, 7) is -0.657. The highest BCUT2D eigenvalue weighted by Gasteiger charge is 2.45. The fourth-order valence-corrected chi connectivity index (χ4v) is 3.07. The molecule has 1 saturated heterocycles. The van der Waals surface area contributed by atoms with E-state index in [0.29, 0.717) is 31.2 Å². The Morgan fingerprint density at radius 2 is 1.93 bits per heavy atom. The molecular formula is C19H24O9. The summed E-state index contributed by atoms with van der Waals surface area (Å²) in [5.74, 6) is -0.462. The van der Waals surface area contributed by atoms with Gasteiger partial charge in [-0.1, -0.05) is 0 Å². The van der Waals surface area contributed by atoms with E-state index in [4.69, 9.17) is 15.9 Å². The zero-order valence-corrected chi connectivity index (χ0v) is 15.1. The van der Waals surface area contributed by atoms with Gasteiger partial charge in [0.05, 0.1) is 18.6 Å². The number of aliphatic hydroxyl groups is 4. The molecule has 9 nitrogen and oxygen atoms in total. The van der Waals surface area contributed by atoms with E-state index in [-0.39, 0.29) is 17.1 Å². The number of aromatic carboxylic acids is 1. The molecule has 1 unspecified atom stereocenters. The summed E-state index contributed by atoms with van der Waals surface area (Å²) in [6.07, 6.45) is 0.866. The second-order valence-corrected chi connectivity index (χ2v) is 6.53. The zero-order valence-electron chi connectivity index (χ0n) is 15.1. The number of aryl methyl sites for hydroxylation is 1. The largest absolute Gasteiger partial charge is 0.508 e. The number of ether oxygens (including phenoxy) is 2. The maximum absolute atomic E-state index is 11.8. The lowest BCUT2D eigenvalue weighted by atomic mass is 9.94. The van der Waals surface area contributed by atoms with Crippen LogP contribution in [0.25, 0.3) is 0 Å². The predicted octanol–water partition coefficient (Wildman–Crippen LogP) is -0.180. The van der Waals surface area contributed by atoms with Gasteiger partial charge in [0, 0.05) is 12.5 Å². The van der Waals surface area contributed by atoms with Crippen LogP contribution in [0.4, 0.5) is 0 Å². The average Bonchev–Trinajstić information content (AvgIpc) is 2.63. The van der Waals surface area contributed by atoms with Crippen molar-refractivity contribution < 1.29 is 44.9 Å². The van der Waals surface area contributed by atoms with Crippen molar-refractivity contribution in [1.29, 1.82) is 0 Å². The van der Waals surface area contributed by atoms with Crippen LogP contribution in [0.15, 0.2) is 12.1 Å². The highest BCUT2D eigenvalue weighted by Crippen LogP contribution is 2.34. The lowest BCUT2D eigenvalue weighted by Gasteiger charge is -2.39. The second-order valence-electron chi connectivity index (χ2n) is 6.53. The molecule has 9 heteroatoms. The van der Waals surface area contributed by atoms with E-state index in [9.17, 15) is 35.4 Å². The number of carbonyl (C=O) groups is 1. The number of unbranched alkanes of at least 4 members (excludes halogenated alkanes) is 2. The van der Waals surface area contributed by atoms with Crippen molar-refractivity contribution in [3.05, 3.63) is 23.3 Å². The molecule has 0 saturated carbocycles. The summed E-state index contributed by atoms with van der Waals surface area (Å²) in [6, 6.07) is 2.38. The van der Waals surface area contributed by atoms with Crippen molar-refractivity contribution in [2.75, 3.05) is 6.61 Å². The number of benzene rings is 1. The van der Waals surface area contributed by atoms with Crippen molar-refractivity contribution >= 4 is 5.97 Å². The second kappa shape index (κ2) is 9.73. The van der Waals surface area contributed by atoms with Crippen LogP contribution in [0.3, 0.4) is 0 Å². The average molecular weight is 396 g/mol. The topological polar surface area (TPSA) is 157 Å². The van der Waals surface area contributed by atoms with Gasteiger partial charge >= 0.3 is 5.97 Å². The van der Waals surface area contributed by atoms with Crippen molar-refractivity contribution in [2.24, 2.45) is 5.92 Å². The maximum atomic E-state index is 11.8. The molecule has 0 aromatic heterocycles. The number of aliphatic hydroxyl groups excluding tert-OH is 4. The van der Waals surface area contributed by atoms with E-state index in [0.717, 1.165) is 6.07 Å². The molecule has 2 rings (SSSR count). The van der Waals surface area contributed by atoms with Crippen LogP contribution in [-0.4, -0.2) is 68.0 Å². The quantitative estimate of drug-likeness (QED) is 0.259. The van der Waals surface area contributed by atoms with Crippen LogP contribution in [-0.2, 0) is 11.2 Å². The van der Waals surface area contributed by atoms with Gasteiger partial charge in [-0.25, -0.2) is 4.79 Å². The van der Waals surface area contributed by atoms with E-state index >= 15 is 0 Å². The normalized spacial score (nSPS) is 27.2. The summed E-state index contributed by atoms with van der Waals surface area (Å²) in [5, 5.41) is 58.4. The Labute approximate surface area is 161 Å². The van der Waals surface area contributed by atoms with Crippen LogP contribution >= 0.6 is 0 Å². The standard InChI is InChI=1S/C19H24O9/c1-2-3-4-5-6-10-7-11(21)8-13(14(10)17(24)25)27-19-12(9-20)15(22)16(23)18(26)28-19/h1,7-8,12,15-16,18-23,26H,3-6,9H2,(H,24,25)/t12-,15-,16+,18+,19?/m1/s1. The van der Waals surface area contributed by atoms with Gasteiger partial charge in [-0.3, -0.25) is 0 Å². The first-order valence-corrected chi connectivity index (χ1v) is 8.80. The lowest BCUT2D eigenvalue weighted by Crippen LogP contribution is -2.57. The fraction of sp³-hybridized carbons (Fsp3) is 0.526. The van der Waals surface area contributed by atoms with Crippen LogP contribution in [0.5, 0.6) is 11.5 Å². The van der Waals surface area contributed by atoms with Crippen LogP contribution < -0.4 is 4.74 Å². The molecule has 154 valence electrons. The highest BCUT2D eigenvalue weighted by molar-refractivity contribution is 5.93.